The highest BCUT2D eigenvalue weighted by Crippen LogP contribution is 2.09. The molecule has 4 unspecified atom stereocenters. The van der Waals surface area contributed by atoms with Crippen LogP contribution in [0.3, 0.4) is 0 Å². The molecule has 0 aliphatic carbocycles. The highest BCUT2D eigenvalue weighted by Gasteiger charge is 2.29. The lowest BCUT2D eigenvalue weighted by Crippen LogP contribution is -2.55. The van der Waals surface area contributed by atoms with Gasteiger partial charge in [0.2, 0.25) is 17.7 Å². The number of carboxylic acid groups (broad SMARTS) is 3. The average molecular weight is 446 g/mol. The second kappa shape index (κ2) is 13.9. The van der Waals surface area contributed by atoms with E-state index < -0.39 is 66.7 Å². The molecule has 0 saturated carbocycles. The molecule has 176 valence electrons. The van der Waals surface area contributed by atoms with Crippen molar-refractivity contribution in [3.05, 3.63) is 0 Å². The Labute approximate surface area is 178 Å². The molecular weight excluding hydrogens is 416 g/mol. The molecule has 31 heavy (non-hydrogen) atoms. The first-order valence-corrected chi connectivity index (χ1v) is 9.68. The number of nitrogens with one attached hydrogen (secondary N) is 3. The van der Waals surface area contributed by atoms with Crippen molar-refractivity contribution in [1.82, 2.24) is 16.0 Å². The van der Waals surface area contributed by atoms with Crippen LogP contribution in [0.4, 0.5) is 0 Å². The molecular formula is C18H30N4O9. The maximum atomic E-state index is 12.5. The Morgan fingerprint density at radius 3 is 1.90 bits per heavy atom. The van der Waals surface area contributed by atoms with E-state index in [9.17, 15) is 28.8 Å². The number of amides is 3. The fourth-order valence-electron chi connectivity index (χ4n) is 2.42. The lowest BCUT2D eigenvalue weighted by atomic mass is 9.97. The Morgan fingerprint density at radius 1 is 0.871 bits per heavy atom. The van der Waals surface area contributed by atoms with Crippen molar-refractivity contribution in [1.29, 1.82) is 0 Å². The van der Waals surface area contributed by atoms with E-state index in [1.165, 1.54) is 0 Å². The first kappa shape index (κ1) is 27.8. The van der Waals surface area contributed by atoms with Crippen molar-refractivity contribution >= 4 is 35.6 Å². The molecule has 13 heteroatoms. The number of aliphatic carboxylic acids is 3. The van der Waals surface area contributed by atoms with E-state index in [0.717, 1.165) is 0 Å². The van der Waals surface area contributed by atoms with Crippen LogP contribution in [-0.2, 0) is 28.8 Å². The van der Waals surface area contributed by atoms with Gasteiger partial charge in [-0.3, -0.25) is 24.0 Å². The molecule has 0 aromatic rings. The largest absolute Gasteiger partial charge is 0.481 e. The maximum absolute atomic E-state index is 12.5. The van der Waals surface area contributed by atoms with E-state index >= 15 is 0 Å². The van der Waals surface area contributed by atoms with Gasteiger partial charge in [-0.15, -0.1) is 0 Å². The number of carbonyl (C=O) groups is 6. The summed E-state index contributed by atoms with van der Waals surface area (Å²) in [7, 11) is 0. The minimum Gasteiger partial charge on any atom is -0.481 e. The molecule has 0 aromatic carbocycles. The molecule has 0 spiro atoms. The van der Waals surface area contributed by atoms with Crippen molar-refractivity contribution in [3.63, 3.8) is 0 Å². The first-order chi connectivity index (χ1) is 14.4. The van der Waals surface area contributed by atoms with Crippen molar-refractivity contribution in [2.45, 2.75) is 64.1 Å². The van der Waals surface area contributed by atoms with Gasteiger partial charge in [0.15, 0.2) is 0 Å². The fourth-order valence-corrected chi connectivity index (χ4v) is 2.42. The summed E-state index contributed by atoms with van der Waals surface area (Å²) in [6.45, 7) is 2.86. The SMILES string of the molecule is CCC(C)C(NC(=O)C(N)CCC(=O)O)C(=O)NCC(=O)NC(CCC(=O)O)C(=O)O. The molecule has 4 atom stereocenters. The molecule has 0 saturated heterocycles. The van der Waals surface area contributed by atoms with Gasteiger partial charge in [0.25, 0.3) is 0 Å². The van der Waals surface area contributed by atoms with E-state index in [-0.39, 0.29) is 25.2 Å². The van der Waals surface area contributed by atoms with Crippen molar-refractivity contribution < 1.29 is 44.1 Å². The number of nitrogens with two attached hydrogens (primary N) is 1. The lowest BCUT2D eigenvalue weighted by Gasteiger charge is -2.25. The monoisotopic (exact) mass is 446 g/mol. The van der Waals surface area contributed by atoms with E-state index in [1.54, 1.807) is 13.8 Å². The Kier molecular flexibility index (Phi) is 12.5. The molecule has 0 radical (unpaired) electrons. The van der Waals surface area contributed by atoms with Gasteiger partial charge in [0, 0.05) is 12.8 Å². The predicted octanol–water partition coefficient (Wildman–Crippen LogP) is -1.74. The molecule has 0 aliphatic rings. The zero-order chi connectivity index (χ0) is 24.1. The molecule has 3 amide bonds. The number of hydrogen-bond donors (Lipinski definition) is 7. The van der Waals surface area contributed by atoms with Crippen LogP contribution in [-0.4, -0.2) is 75.6 Å². The summed E-state index contributed by atoms with van der Waals surface area (Å²) in [5, 5.41) is 33.2. The molecule has 0 aromatic heterocycles. The van der Waals surface area contributed by atoms with Gasteiger partial charge in [-0.05, 0) is 18.8 Å². The van der Waals surface area contributed by atoms with Crippen molar-refractivity contribution in [2.24, 2.45) is 11.7 Å². The molecule has 0 fully saturated rings. The minimum absolute atomic E-state index is 0.120. The van der Waals surface area contributed by atoms with E-state index in [1.807, 2.05) is 0 Å². The van der Waals surface area contributed by atoms with Crippen molar-refractivity contribution in [3.8, 4) is 0 Å². The second-order valence-electron chi connectivity index (χ2n) is 7.02. The Balaban J connectivity index is 4.88. The van der Waals surface area contributed by atoms with Crippen molar-refractivity contribution in [2.75, 3.05) is 6.54 Å². The van der Waals surface area contributed by atoms with E-state index in [2.05, 4.69) is 16.0 Å². The van der Waals surface area contributed by atoms with Gasteiger partial charge in [-0.25, -0.2) is 4.79 Å². The Hall–Kier alpha value is -3.22. The zero-order valence-electron chi connectivity index (χ0n) is 17.4. The van der Waals surface area contributed by atoms with E-state index in [4.69, 9.17) is 21.1 Å². The van der Waals surface area contributed by atoms with Gasteiger partial charge in [0.1, 0.15) is 12.1 Å². The van der Waals surface area contributed by atoms with E-state index in [0.29, 0.717) is 6.42 Å². The number of rotatable bonds is 15. The standard InChI is InChI=1S/C18H30N4O9/c1-3-9(2)15(22-16(28)10(19)4-6-13(24)25)17(29)20-8-12(23)21-11(18(30)31)5-7-14(26)27/h9-11,15H,3-8,19H2,1-2H3,(H,20,29)(H,21,23)(H,22,28)(H,24,25)(H,26,27)(H,30,31). The summed E-state index contributed by atoms with van der Waals surface area (Å²) < 4.78 is 0. The number of carbonyl (C=O) groups excluding carboxylic acids is 3. The van der Waals surface area contributed by atoms with Crippen LogP contribution in [0.5, 0.6) is 0 Å². The smallest absolute Gasteiger partial charge is 0.326 e. The van der Waals surface area contributed by atoms with Gasteiger partial charge in [-0.2, -0.15) is 0 Å². The summed E-state index contributed by atoms with van der Waals surface area (Å²) >= 11 is 0. The fraction of sp³-hybridized carbons (Fsp3) is 0.667. The average Bonchev–Trinajstić information content (AvgIpc) is 2.69. The molecule has 8 N–H and O–H groups in total. The topological polar surface area (TPSA) is 225 Å². The van der Waals surface area contributed by atoms with Crippen LogP contribution < -0.4 is 21.7 Å². The van der Waals surface area contributed by atoms with Crippen LogP contribution in [0.15, 0.2) is 0 Å². The summed E-state index contributed by atoms with van der Waals surface area (Å²) in [6, 6.07) is -3.62. The van der Waals surface area contributed by atoms with Gasteiger partial charge >= 0.3 is 17.9 Å². The van der Waals surface area contributed by atoms with Crippen LogP contribution in [0.2, 0.25) is 0 Å². The van der Waals surface area contributed by atoms with Gasteiger partial charge < -0.3 is 37.0 Å². The van der Waals surface area contributed by atoms with Crippen LogP contribution in [0, 0.1) is 5.92 Å². The van der Waals surface area contributed by atoms with Gasteiger partial charge in [0.05, 0.1) is 12.6 Å². The Bertz CT molecular complexity index is 683. The quantitative estimate of drug-likeness (QED) is 0.150. The summed E-state index contributed by atoms with van der Waals surface area (Å²) in [5.74, 6) is -6.37. The maximum Gasteiger partial charge on any atom is 0.326 e. The zero-order valence-corrected chi connectivity index (χ0v) is 17.4. The third-order valence-electron chi connectivity index (χ3n) is 4.50. The normalized spacial score (nSPS) is 14.4. The molecule has 0 bridgehead atoms. The minimum atomic E-state index is -1.43. The summed E-state index contributed by atoms with van der Waals surface area (Å²) in [6.07, 6.45) is -0.740. The Morgan fingerprint density at radius 2 is 1.42 bits per heavy atom. The molecule has 0 heterocycles. The molecule has 0 rings (SSSR count). The predicted molar refractivity (Wildman–Crippen MR) is 106 cm³/mol. The first-order valence-electron chi connectivity index (χ1n) is 9.68. The highest BCUT2D eigenvalue weighted by atomic mass is 16.4. The third-order valence-corrected chi connectivity index (χ3v) is 4.50. The lowest BCUT2D eigenvalue weighted by molar-refractivity contribution is -0.143. The number of carboxylic acids is 3. The summed E-state index contributed by atoms with van der Waals surface area (Å²) in [5.41, 5.74) is 5.64. The van der Waals surface area contributed by atoms with Gasteiger partial charge in [-0.1, -0.05) is 20.3 Å². The van der Waals surface area contributed by atoms with Crippen LogP contribution in [0.1, 0.15) is 46.0 Å². The number of hydrogen-bond acceptors (Lipinski definition) is 7. The second-order valence-corrected chi connectivity index (χ2v) is 7.02. The summed E-state index contributed by atoms with van der Waals surface area (Å²) in [4.78, 5) is 68.9. The highest BCUT2D eigenvalue weighted by molar-refractivity contribution is 5.92. The molecule has 0 aliphatic heterocycles. The molecule has 13 nitrogen and oxygen atoms in total. The third kappa shape index (κ3) is 11.5. The van der Waals surface area contributed by atoms with Crippen LogP contribution >= 0.6 is 0 Å². The van der Waals surface area contributed by atoms with Crippen LogP contribution in [0.25, 0.3) is 0 Å².